The summed E-state index contributed by atoms with van der Waals surface area (Å²) in [5, 5.41) is 17.5. The molecule has 0 spiro atoms. The van der Waals surface area contributed by atoms with Crippen molar-refractivity contribution in [3.8, 4) is 11.8 Å². The topological polar surface area (TPSA) is 44.0 Å². The molecule has 0 radical (unpaired) electrons. The highest BCUT2D eigenvalue weighted by molar-refractivity contribution is 9.10. The van der Waals surface area contributed by atoms with Gasteiger partial charge in [0, 0.05) is 4.47 Å². The number of benzene rings is 1. The van der Waals surface area contributed by atoms with Crippen molar-refractivity contribution in [2.24, 2.45) is 0 Å². The minimum absolute atomic E-state index is 0.149. The SMILES string of the molecule is N#CCc1ccc(O)c(C(F)(F)F)c1Br. The van der Waals surface area contributed by atoms with Gasteiger partial charge >= 0.3 is 6.18 Å². The summed E-state index contributed by atoms with van der Waals surface area (Å²) in [4.78, 5) is 0. The van der Waals surface area contributed by atoms with Crippen molar-refractivity contribution in [1.29, 1.82) is 5.26 Å². The summed E-state index contributed by atoms with van der Waals surface area (Å²) in [7, 11) is 0. The fourth-order valence-corrected chi connectivity index (χ4v) is 1.80. The van der Waals surface area contributed by atoms with Crippen molar-refractivity contribution in [2.75, 3.05) is 0 Å². The number of rotatable bonds is 1. The van der Waals surface area contributed by atoms with Crippen LogP contribution in [0.1, 0.15) is 11.1 Å². The smallest absolute Gasteiger partial charge is 0.421 e. The third-order valence-electron chi connectivity index (χ3n) is 1.75. The van der Waals surface area contributed by atoms with Gasteiger partial charge in [-0.3, -0.25) is 0 Å². The molecule has 0 aliphatic rings. The Morgan fingerprint density at radius 2 is 2.00 bits per heavy atom. The molecule has 2 nitrogen and oxygen atoms in total. The first-order valence-corrected chi connectivity index (χ1v) is 4.61. The standard InChI is InChI=1S/C9H5BrF3NO/c10-8-5(3-4-14)1-2-6(15)7(8)9(11,12)13/h1-2,15H,3H2. The predicted molar refractivity (Wildman–Crippen MR) is 50.1 cm³/mol. The van der Waals surface area contributed by atoms with Gasteiger partial charge in [0.05, 0.1) is 12.5 Å². The van der Waals surface area contributed by atoms with Crippen LogP contribution in [-0.4, -0.2) is 5.11 Å². The van der Waals surface area contributed by atoms with Crippen LogP contribution in [0.5, 0.6) is 5.75 Å². The van der Waals surface area contributed by atoms with E-state index in [1.807, 2.05) is 0 Å². The summed E-state index contributed by atoms with van der Waals surface area (Å²) in [5.74, 6) is -0.851. The second-order valence-corrected chi connectivity index (χ2v) is 3.56. The fraction of sp³-hybridized carbons (Fsp3) is 0.222. The summed E-state index contributed by atoms with van der Waals surface area (Å²) in [6, 6.07) is 3.95. The maximum Gasteiger partial charge on any atom is 0.421 e. The summed E-state index contributed by atoms with van der Waals surface area (Å²) in [5.41, 5.74) is -0.946. The van der Waals surface area contributed by atoms with Crippen LogP contribution in [0.25, 0.3) is 0 Å². The molecule has 1 aromatic carbocycles. The highest BCUT2D eigenvalue weighted by atomic mass is 79.9. The van der Waals surface area contributed by atoms with Crippen LogP contribution in [0, 0.1) is 11.3 Å². The Labute approximate surface area is 92.1 Å². The average molecular weight is 280 g/mol. The lowest BCUT2D eigenvalue weighted by Crippen LogP contribution is -2.07. The molecule has 0 unspecified atom stereocenters. The molecule has 0 aromatic heterocycles. The first kappa shape index (κ1) is 11.9. The Hall–Kier alpha value is -1.22. The van der Waals surface area contributed by atoms with Gasteiger partial charge in [0.15, 0.2) is 0 Å². The maximum atomic E-state index is 12.5. The summed E-state index contributed by atoms with van der Waals surface area (Å²) in [6.07, 6.45) is -4.79. The molecular formula is C9H5BrF3NO. The van der Waals surface area contributed by atoms with Gasteiger partial charge in [-0.15, -0.1) is 0 Å². The van der Waals surface area contributed by atoms with Gasteiger partial charge in [-0.2, -0.15) is 18.4 Å². The van der Waals surface area contributed by atoms with Crippen LogP contribution in [0.3, 0.4) is 0 Å². The van der Waals surface area contributed by atoms with E-state index in [9.17, 15) is 13.2 Å². The van der Waals surface area contributed by atoms with Crippen molar-refractivity contribution in [3.05, 3.63) is 27.7 Å². The van der Waals surface area contributed by atoms with Crippen LogP contribution in [-0.2, 0) is 12.6 Å². The van der Waals surface area contributed by atoms with Gasteiger partial charge in [-0.25, -0.2) is 0 Å². The Bertz CT molecular complexity index is 423. The molecular weight excluding hydrogens is 275 g/mol. The average Bonchev–Trinajstić information content (AvgIpc) is 2.08. The van der Waals surface area contributed by atoms with E-state index in [1.54, 1.807) is 6.07 Å². The Balaban J connectivity index is 3.38. The number of halogens is 4. The molecule has 0 heterocycles. The van der Waals surface area contributed by atoms with Crippen LogP contribution < -0.4 is 0 Å². The predicted octanol–water partition coefficient (Wildman–Crippen LogP) is 3.24. The maximum absolute atomic E-state index is 12.5. The Morgan fingerprint density at radius 3 is 2.47 bits per heavy atom. The highest BCUT2D eigenvalue weighted by Gasteiger charge is 2.37. The zero-order valence-corrected chi connectivity index (χ0v) is 8.85. The normalized spacial score (nSPS) is 11.1. The molecule has 15 heavy (non-hydrogen) atoms. The number of phenols is 1. The molecule has 0 fully saturated rings. The van der Waals surface area contributed by atoms with Gasteiger partial charge in [-0.05, 0) is 27.6 Å². The van der Waals surface area contributed by atoms with E-state index in [-0.39, 0.29) is 16.5 Å². The van der Waals surface area contributed by atoms with E-state index >= 15 is 0 Å². The number of phenolic OH excluding ortho intramolecular Hbond substituents is 1. The third-order valence-corrected chi connectivity index (χ3v) is 2.66. The molecule has 0 atom stereocenters. The van der Waals surface area contributed by atoms with Crippen LogP contribution in [0.4, 0.5) is 13.2 Å². The van der Waals surface area contributed by atoms with E-state index in [4.69, 9.17) is 10.4 Å². The first-order valence-electron chi connectivity index (χ1n) is 3.82. The number of nitriles is 1. The quantitative estimate of drug-likeness (QED) is 0.858. The van der Waals surface area contributed by atoms with E-state index in [1.165, 1.54) is 6.07 Å². The number of hydrogen-bond acceptors (Lipinski definition) is 2. The molecule has 1 N–H and O–H groups in total. The van der Waals surface area contributed by atoms with Crippen LogP contribution in [0.15, 0.2) is 16.6 Å². The molecule has 0 saturated carbocycles. The lowest BCUT2D eigenvalue weighted by Gasteiger charge is -2.13. The number of nitrogens with zero attached hydrogens (tertiary/aromatic N) is 1. The van der Waals surface area contributed by atoms with E-state index in [0.29, 0.717) is 0 Å². The monoisotopic (exact) mass is 279 g/mol. The lowest BCUT2D eigenvalue weighted by molar-refractivity contribution is -0.139. The van der Waals surface area contributed by atoms with Gasteiger partial charge in [-0.1, -0.05) is 6.07 Å². The zero-order valence-electron chi connectivity index (χ0n) is 7.27. The van der Waals surface area contributed by atoms with Crippen LogP contribution in [0.2, 0.25) is 0 Å². The van der Waals surface area contributed by atoms with E-state index in [0.717, 1.165) is 6.07 Å². The van der Waals surface area contributed by atoms with Crippen molar-refractivity contribution in [3.63, 3.8) is 0 Å². The minimum Gasteiger partial charge on any atom is -0.507 e. The van der Waals surface area contributed by atoms with Gasteiger partial charge in [0.25, 0.3) is 0 Å². The molecule has 1 aromatic rings. The number of alkyl halides is 3. The largest absolute Gasteiger partial charge is 0.507 e. The zero-order chi connectivity index (χ0) is 11.6. The van der Waals surface area contributed by atoms with E-state index in [2.05, 4.69) is 15.9 Å². The van der Waals surface area contributed by atoms with Crippen molar-refractivity contribution in [2.45, 2.75) is 12.6 Å². The molecule has 6 heteroatoms. The Morgan fingerprint density at radius 1 is 1.40 bits per heavy atom. The first-order chi connectivity index (χ1) is 6.88. The molecule has 1 rings (SSSR count). The van der Waals surface area contributed by atoms with Gasteiger partial charge in [0.1, 0.15) is 11.3 Å². The second-order valence-electron chi connectivity index (χ2n) is 2.77. The van der Waals surface area contributed by atoms with Crippen molar-refractivity contribution in [1.82, 2.24) is 0 Å². The lowest BCUT2D eigenvalue weighted by atomic mass is 10.1. The highest BCUT2D eigenvalue weighted by Crippen LogP contribution is 2.42. The van der Waals surface area contributed by atoms with Crippen LogP contribution >= 0.6 is 15.9 Å². The Kier molecular flexibility index (Phi) is 3.25. The number of aromatic hydroxyl groups is 1. The van der Waals surface area contributed by atoms with E-state index < -0.39 is 17.5 Å². The fourth-order valence-electron chi connectivity index (χ4n) is 1.10. The summed E-state index contributed by atoms with van der Waals surface area (Å²) < 4.78 is 37.1. The minimum atomic E-state index is -4.64. The van der Waals surface area contributed by atoms with Gasteiger partial charge < -0.3 is 5.11 Å². The van der Waals surface area contributed by atoms with Crippen molar-refractivity contribution >= 4 is 15.9 Å². The molecule has 80 valence electrons. The second kappa shape index (κ2) is 4.11. The summed E-state index contributed by atoms with van der Waals surface area (Å²) >= 11 is 2.74. The van der Waals surface area contributed by atoms with Crippen molar-refractivity contribution < 1.29 is 18.3 Å². The molecule has 0 aliphatic heterocycles. The molecule has 0 aliphatic carbocycles. The molecule has 0 amide bonds. The molecule has 0 saturated heterocycles. The van der Waals surface area contributed by atoms with Gasteiger partial charge in [0.2, 0.25) is 0 Å². The third kappa shape index (κ3) is 2.42. The summed E-state index contributed by atoms with van der Waals surface area (Å²) in [6.45, 7) is 0. The number of hydrogen-bond donors (Lipinski definition) is 1. The molecule has 0 bridgehead atoms.